The van der Waals surface area contributed by atoms with E-state index in [-0.39, 0.29) is 0 Å². The summed E-state index contributed by atoms with van der Waals surface area (Å²) >= 11 is 7.29. The van der Waals surface area contributed by atoms with E-state index in [1.165, 1.54) is 11.8 Å². The summed E-state index contributed by atoms with van der Waals surface area (Å²) in [5.74, 6) is 0.427. The lowest BCUT2D eigenvalue weighted by molar-refractivity contribution is 0.685. The molecule has 6 heteroatoms. The minimum atomic E-state index is -1.12. The molecule has 0 fully saturated rings. The minimum absolute atomic E-state index is 0.344. The molecule has 0 aliphatic carbocycles. The predicted octanol–water partition coefficient (Wildman–Crippen LogP) is 6.94. The number of rotatable bonds is 7. The molecule has 1 unspecified atom stereocenters. The Hall–Kier alpha value is -2.91. The third kappa shape index (κ3) is 5.46. The monoisotopic (exact) mass is 474 g/mol. The van der Waals surface area contributed by atoms with Crippen molar-refractivity contribution in [3.8, 4) is 28.5 Å². The standard InChI is InChI=1S/C26H19ClN2OS2/c27-22-13-11-19(12-14-22)17-32(30)18-31-26-24(16-28)23(20-7-3-1-4-8-20)15-25(29-26)21-9-5-2-6-10-21/h1-15H,17-18H2. The summed E-state index contributed by atoms with van der Waals surface area (Å²) in [6.45, 7) is 0. The number of thioether (sulfide) groups is 1. The quantitative estimate of drug-likeness (QED) is 0.272. The van der Waals surface area contributed by atoms with Gasteiger partial charge in [0.05, 0.1) is 16.3 Å². The van der Waals surface area contributed by atoms with Gasteiger partial charge in [-0.15, -0.1) is 0 Å². The van der Waals surface area contributed by atoms with Crippen LogP contribution in [0.4, 0.5) is 0 Å². The molecule has 0 saturated heterocycles. The van der Waals surface area contributed by atoms with Gasteiger partial charge in [0, 0.05) is 32.7 Å². The van der Waals surface area contributed by atoms with Gasteiger partial charge in [-0.25, -0.2) is 4.98 Å². The lowest BCUT2D eigenvalue weighted by Gasteiger charge is -2.12. The molecule has 0 amide bonds. The number of nitriles is 1. The van der Waals surface area contributed by atoms with Crippen molar-refractivity contribution in [1.82, 2.24) is 4.98 Å². The molecule has 32 heavy (non-hydrogen) atoms. The first-order chi connectivity index (χ1) is 15.6. The fraction of sp³-hybridized carbons (Fsp3) is 0.0769. The number of hydrogen-bond acceptors (Lipinski definition) is 4. The summed E-state index contributed by atoms with van der Waals surface area (Å²) in [5, 5.41) is 11.6. The maximum absolute atomic E-state index is 12.7. The fourth-order valence-corrected chi connectivity index (χ4v) is 5.72. The molecule has 0 bridgehead atoms. The van der Waals surface area contributed by atoms with Gasteiger partial charge in [0.15, 0.2) is 0 Å². The number of hydrogen-bond donors (Lipinski definition) is 0. The molecular formula is C26H19ClN2OS2. The van der Waals surface area contributed by atoms with E-state index in [9.17, 15) is 9.47 Å². The molecule has 1 aromatic heterocycles. The number of aromatic nitrogens is 1. The second kappa shape index (κ2) is 10.6. The van der Waals surface area contributed by atoms with Crippen molar-refractivity contribution in [2.75, 3.05) is 5.08 Å². The van der Waals surface area contributed by atoms with Crippen LogP contribution in [0.2, 0.25) is 5.02 Å². The summed E-state index contributed by atoms with van der Waals surface area (Å²) in [7, 11) is -1.12. The lowest BCUT2D eigenvalue weighted by atomic mass is 9.99. The summed E-state index contributed by atoms with van der Waals surface area (Å²) in [6, 6.07) is 31.3. The summed E-state index contributed by atoms with van der Waals surface area (Å²) in [5.41, 5.74) is 5.00. The average Bonchev–Trinajstić information content (AvgIpc) is 2.84. The third-order valence-corrected chi connectivity index (χ3v) is 7.82. The Morgan fingerprint density at radius 1 is 0.906 bits per heavy atom. The first-order valence-corrected chi connectivity index (χ1v) is 12.8. The van der Waals surface area contributed by atoms with Crippen LogP contribution in [0.15, 0.2) is 96.0 Å². The molecule has 0 radical (unpaired) electrons. The highest BCUT2D eigenvalue weighted by atomic mass is 35.5. The van der Waals surface area contributed by atoms with Crippen LogP contribution in [0.25, 0.3) is 22.4 Å². The number of benzene rings is 3. The molecule has 1 heterocycles. The van der Waals surface area contributed by atoms with Gasteiger partial charge in [0.25, 0.3) is 0 Å². The fourth-order valence-electron chi connectivity index (χ4n) is 3.27. The molecule has 158 valence electrons. The van der Waals surface area contributed by atoms with Gasteiger partial charge in [0.2, 0.25) is 0 Å². The number of pyridine rings is 1. The highest BCUT2D eigenvalue weighted by Gasteiger charge is 2.16. The van der Waals surface area contributed by atoms with Crippen molar-refractivity contribution in [2.24, 2.45) is 0 Å². The van der Waals surface area contributed by atoms with Gasteiger partial charge in [-0.2, -0.15) is 5.26 Å². The smallest absolute Gasteiger partial charge is 0.116 e. The van der Waals surface area contributed by atoms with Crippen molar-refractivity contribution in [1.29, 1.82) is 5.26 Å². The van der Waals surface area contributed by atoms with E-state index < -0.39 is 10.8 Å². The van der Waals surface area contributed by atoms with Gasteiger partial charge < -0.3 is 0 Å². The minimum Gasteiger partial charge on any atom is -0.258 e. The van der Waals surface area contributed by atoms with E-state index in [1.807, 2.05) is 78.9 Å². The summed E-state index contributed by atoms with van der Waals surface area (Å²) in [4.78, 5) is 4.78. The van der Waals surface area contributed by atoms with Crippen molar-refractivity contribution in [2.45, 2.75) is 10.8 Å². The van der Waals surface area contributed by atoms with E-state index >= 15 is 0 Å². The normalized spacial score (nSPS) is 11.6. The van der Waals surface area contributed by atoms with Gasteiger partial charge >= 0.3 is 0 Å². The summed E-state index contributed by atoms with van der Waals surface area (Å²) in [6.07, 6.45) is 0. The third-order valence-electron chi connectivity index (χ3n) is 4.82. The molecule has 1 atom stereocenters. The number of halogens is 1. The maximum Gasteiger partial charge on any atom is 0.116 e. The molecule has 4 aromatic rings. The van der Waals surface area contributed by atoms with Crippen molar-refractivity contribution in [3.05, 3.63) is 107 Å². The van der Waals surface area contributed by atoms with Crippen molar-refractivity contribution >= 4 is 34.2 Å². The topological polar surface area (TPSA) is 53.8 Å². The first kappa shape index (κ1) is 22.3. The summed E-state index contributed by atoms with van der Waals surface area (Å²) < 4.78 is 12.7. The second-order valence-corrected chi connectivity index (χ2v) is 10.3. The predicted molar refractivity (Wildman–Crippen MR) is 134 cm³/mol. The Labute approximate surface area is 199 Å². The largest absolute Gasteiger partial charge is 0.258 e. The molecule has 0 saturated carbocycles. The van der Waals surface area contributed by atoms with Crippen LogP contribution in [0.5, 0.6) is 0 Å². The van der Waals surface area contributed by atoms with Crippen LogP contribution >= 0.6 is 23.4 Å². The molecule has 0 aliphatic rings. The SMILES string of the molecule is N#Cc1c(-c2ccccc2)cc(-c2ccccc2)nc1SCS(=O)Cc1ccc(Cl)cc1. The molecule has 4 rings (SSSR count). The van der Waals surface area contributed by atoms with E-state index in [2.05, 4.69) is 6.07 Å². The molecule has 0 spiro atoms. The zero-order valence-electron chi connectivity index (χ0n) is 17.1. The Balaban J connectivity index is 1.66. The van der Waals surface area contributed by atoms with Gasteiger partial charge in [-0.1, -0.05) is 96.2 Å². The Bertz CT molecular complexity index is 1270. The van der Waals surface area contributed by atoms with Gasteiger partial charge in [0.1, 0.15) is 11.1 Å². The highest BCUT2D eigenvalue weighted by molar-refractivity contribution is 8.10. The van der Waals surface area contributed by atoms with Crippen molar-refractivity contribution < 1.29 is 4.21 Å². The average molecular weight is 475 g/mol. The van der Waals surface area contributed by atoms with Crippen LogP contribution in [-0.4, -0.2) is 14.3 Å². The number of nitrogens with zero attached hydrogens (tertiary/aromatic N) is 2. The van der Waals surface area contributed by atoms with Gasteiger partial charge in [-0.05, 0) is 29.3 Å². The molecule has 0 aliphatic heterocycles. The molecule has 0 N–H and O–H groups in total. The van der Waals surface area contributed by atoms with E-state index in [4.69, 9.17) is 16.6 Å². The highest BCUT2D eigenvalue weighted by Crippen LogP contribution is 2.34. The van der Waals surface area contributed by atoms with Crippen LogP contribution in [0.1, 0.15) is 11.1 Å². The Morgan fingerprint density at radius 2 is 1.53 bits per heavy atom. The van der Waals surface area contributed by atoms with Crippen LogP contribution < -0.4 is 0 Å². The van der Waals surface area contributed by atoms with Gasteiger partial charge in [-0.3, -0.25) is 4.21 Å². The maximum atomic E-state index is 12.7. The van der Waals surface area contributed by atoms with Crippen LogP contribution in [-0.2, 0) is 16.6 Å². The zero-order chi connectivity index (χ0) is 22.3. The lowest BCUT2D eigenvalue weighted by Crippen LogP contribution is -2.01. The zero-order valence-corrected chi connectivity index (χ0v) is 19.5. The van der Waals surface area contributed by atoms with Crippen LogP contribution in [0, 0.1) is 11.3 Å². The van der Waals surface area contributed by atoms with Crippen molar-refractivity contribution in [3.63, 3.8) is 0 Å². The molecule has 3 nitrogen and oxygen atoms in total. The Kier molecular flexibility index (Phi) is 7.39. The van der Waals surface area contributed by atoms with E-state index in [0.717, 1.165) is 27.9 Å². The first-order valence-electron chi connectivity index (χ1n) is 9.92. The Morgan fingerprint density at radius 3 is 2.16 bits per heavy atom. The van der Waals surface area contributed by atoms with Crippen LogP contribution in [0.3, 0.4) is 0 Å². The van der Waals surface area contributed by atoms with E-state index in [0.29, 0.717) is 26.4 Å². The molecular weight excluding hydrogens is 456 g/mol. The second-order valence-electron chi connectivity index (χ2n) is 7.05. The molecule has 3 aromatic carbocycles. The van der Waals surface area contributed by atoms with E-state index in [1.54, 1.807) is 12.1 Å².